The summed E-state index contributed by atoms with van der Waals surface area (Å²) in [5, 5.41) is 8.28. The van der Waals surface area contributed by atoms with Crippen LogP contribution in [0.25, 0.3) is 0 Å². The van der Waals surface area contributed by atoms with Crippen molar-refractivity contribution in [2.45, 2.75) is 13.3 Å². The van der Waals surface area contributed by atoms with Gasteiger partial charge in [-0.05, 0) is 18.6 Å². The van der Waals surface area contributed by atoms with E-state index in [0.717, 1.165) is 0 Å². The van der Waals surface area contributed by atoms with E-state index in [0.29, 0.717) is 11.3 Å². The van der Waals surface area contributed by atoms with Gasteiger partial charge in [-0.1, -0.05) is 0 Å². The van der Waals surface area contributed by atoms with Crippen LogP contribution in [0.5, 0.6) is 0 Å². The average Bonchev–Trinajstić information content (AvgIpc) is 1.98. The molecule has 0 spiro atoms. The molecule has 3 heteroatoms. The molecule has 1 aromatic heterocycles. The van der Waals surface area contributed by atoms with E-state index in [1.807, 2.05) is 6.07 Å². The Bertz CT molecular complexity index is 301. The Kier molecular flexibility index (Phi) is 2.17. The lowest BCUT2D eigenvalue weighted by molar-refractivity contribution is 0.607. The van der Waals surface area contributed by atoms with Crippen LogP contribution in [0.1, 0.15) is 11.3 Å². The molecule has 0 saturated carbocycles. The van der Waals surface area contributed by atoms with Crippen molar-refractivity contribution >= 4 is 0 Å². The molecule has 0 atom stereocenters. The lowest BCUT2D eigenvalue weighted by atomic mass is 10.2. The zero-order valence-corrected chi connectivity index (χ0v) is 6.13. The largest absolute Gasteiger partial charge is 0.258 e. The summed E-state index contributed by atoms with van der Waals surface area (Å²) in [7, 11) is 0. The smallest absolute Gasteiger partial charge is 0.144 e. The van der Waals surface area contributed by atoms with Crippen LogP contribution < -0.4 is 0 Å². The normalized spacial score (nSPS) is 9.18. The fraction of sp³-hybridized carbons (Fsp3) is 0.250. The standard InChI is InChI=1S/C8H7FN2/c1-6-8(9)4-7(2-3-10)5-11-6/h4-5H,2H2,1H3. The van der Waals surface area contributed by atoms with Crippen molar-refractivity contribution < 1.29 is 4.39 Å². The summed E-state index contributed by atoms with van der Waals surface area (Å²) >= 11 is 0. The second kappa shape index (κ2) is 3.11. The Labute approximate surface area is 64.3 Å². The summed E-state index contributed by atoms with van der Waals surface area (Å²) in [5.74, 6) is -0.349. The molecule has 0 saturated heterocycles. The number of hydrogen-bond acceptors (Lipinski definition) is 2. The molecule has 1 rings (SSSR count). The lowest BCUT2D eigenvalue weighted by Crippen LogP contribution is -1.91. The molecule has 2 nitrogen and oxygen atoms in total. The van der Waals surface area contributed by atoms with Gasteiger partial charge < -0.3 is 0 Å². The molecule has 1 aromatic rings. The average molecular weight is 150 g/mol. The molecule has 0 unspecified atom stereocenters. The predicted octanol–water partition coefficient (Wildman–Crippen LogP) is 1.60. The zero-order valence-electron chi connectivity index (χ0n) is 6.13. The number of rotatable bonds is 1. The van der Waals surface area contributed by atoms with Crippen LogP contribution in [-0.4, -0.2) is 4.98 Å². The molecule has 0 bridgehead atoms. The minimum absolute atomic E-state index is 0.212. The SMILES string of the molecule is Cc1ncc(CC#N)cc1F. The third-order valence-electron chi connectivity index (χ3n) is 1.36. The van der Waals surface area contributed by atoms with Gasteiger partial charge >= 0.3 is 0 Å². The summed E-state index contributed by atoms with van der Waals surface area (Å²) in [6.45, 7) is 1.59. The van der Waals surface area contributed by atoms with Crippen molar-refractivity contribution in [3.8, 4) is 6.07 Å². The van der Waals surface area contributed by atoms with Crippen LogP contribution in [0.4, 0.5) is 4.39 Å². The van der Waals surface area contributed by atoms with E-state index in [1.165, 1.54) is 12.3 Å². The van der Waals surface area contributed by atoms with E-state index in [4.69, 9.17) is 5.26 Å². The molecule has 11 heavy (non-hydrogen) atoms. The van der Waals surface area contributed by atoms with Crippen LogP contribution >= 0.6 is 0 Å². The lowest BCUT2D eigenvalue weighted by Gasteiger charge is -1.96. The van der Waals surface area contributed by atoms with Gasteiger partial charge in [0.25, 0.3) is 0 Å². The Morgan fingerprint density at radius 1 is 1.73 bits per heavy atom. The summed E-state index contributed by atoms with van der Waals surface area (Å²) in [4.78, 5) is 3.77. The van der Waals surface area contributed by atoms with Crippen molar-refractivity contribution in [1.82, 2.24) is 4.98 Å². The fourth-order valence-corrected chi connectivity index (χ4v) is 0.734. The molecule has 0 N–H and O–H groups in total. The number of pyridine rings is 1. The summed E-state index contributed by atoms with van der Waals surface area (Å²) in [5.41, 5.74) is 0.988. The quantitative estimate of drug-likeness (QED) is 0.609. The molecule has 56 valence electrons. The van der Waals surface area contributed by atoms with Gasteiger partial charge in [-0.15, -0.1) is 0 Å². The summed E-state index contributed by atoms with van der Waals surface area (Å²) in [6, 6.07) is 3.26. The molecular weight excluding hydrogens is 143 g/mol. The summed E-state index contributed by atoms with van der Waals surface area (Å²) < 4.78 is 12.7. The first-order valence-corrected chi connectivity index (χ1v) is 3.22. The number of halogens is 1. The monoisotopic (exact) mass is 150 g/mol. The summed E-state index contributed by atoms with van der Waals surface area (Å²) in [6.07, 6.45) is 1.73. The van der Waals surface area contributed by atoms with E-state index in [1.54, 1.807) is 6.92 Å². The maximum absolute atomic E-state index is 12.7. The third kappa shape index (κ3) is 1.74. The first kappa shape index (κ1) is 7.67. The second-order valence-corrected chi connectivity index (χ2v) is 2.25. The molecular formula is C8H7FN2. The molecule has 0 aromatic carbocycles. The number of hydrogen-bond donors (Lipinski definition) is 0. The molecule has 0 amide bonds. The number of nitriles is 1. The minimum Gasteiger partial charge on any atom is -0.258 e. The molecule has 0 aliphatic heterocycles. The predicted molar refractivity (Wildman–Crippen MR) is 38.2 cm³/mol. The van der Waals surface area contributed by atoms with Gasteiger partial charge in [0.05, 0.1) is 18.2 Å². The van der Waals surface area contributed by atoms with Crippen molar-refractivity contribution in [2.75, 3.05) is 0 Å². The molecule has 0 fully saturated rings. The van der Waals surface area contributed by atoms with Gasteiger partial charge in [0.1, 0.15) is 5.82 Å². The maximum Gasteiger partial charge on any atom is 0.144 e. The highest BCUT2D eigenvalue weighted by Gasteiger charge is 1.98. The highest BCUT2D eigenvalue weighted by molar-refractivity contribution is 5.17. The highest BCUT2D eigenvalue weighted by Crippen LogP contribution is 2.05. The Morgan fingerprint density at radius 2 is 2.45 bits per heavy atom. The van der Waals surface area contributed by atoms with Crippen molar-refractivity contribution in [1.29, 1.82) is 5.26 Å². The molecule has 0 aliphatic rings. The Morgan fingerprint density at radius 3 is 3.00 bits per heavy atom. The zero-order chi connectivity index (χ0) is 8.27. The number of aromatic nitrogens is 1. The number of aryl methyl sites for hydroxylation is 1. The van der Waals surface area contributed by atoms with Crippen LogP contribution in [0, 0.1) is 24.1 Å². The molecule has 0 aliphatic carbocycles. The van der Waals surface area contributed by atoms with Gasteiger partial charge in [-0.25, -0.2) is 4.39 Å². The topological polar surface area (TPSA) is 36.7 Å². The van der Waals surface area contributed by atoms with E-state index >= 15 is 0 Å². The molecule has 0 radical (unpaired) electrons. The van der Waals surface area contributed by atoms with Gasteiger partial charge in [-0.3, -0.25) is 4.98 Å². The Balaban J connectivity index is 2.98. The van der Waals surface area contributed by atoms with Crippen LogP contribution in [0.2, 0.25) is 0 Å². The third-order valence-corrected chi connectivity index (χ3v) is 1.36. The van der Waals surface area contributed by atoms with Crippen LogP contribution in [0.3, 0.4) is 0 Å². The van der Waals surface area contributed by atoms with E-state index in [-0.39, 0.29) is 12.2 Å². The fourth-order valence-electron chi connectivity index (χ4n) is 0.734. The molecule has 1 heterocycles. The van der Waals surface area contributed by atoms with Crippen LogP contribution in [-0.2, 0) is 6.42 Å². The van der Waals surface area contributed by atoms with Gasteiger partial charge in [0, 0.05) is 6.20 Å². The van der Waals surface area contributed by atoms with Crippen molar-refractivity contribution in [3.05, 3.63) is 29.3 Å². The van der Waals surface area contributed by atoms with E-state index < -0.39 is 0 Å². The first-order valence-electron chi connectivity index (χ1n) is 3.22. The highest BCUT2D eigenvalue weighted by atomic mass is 19.1. The van der Waals surface area contributed by atoms with Crippen molar-refractivity contribution in [3.63, 3.8) is 0 Å². The van der Waals surface area contributed by atoms with Gasteiger partial charge in [0.2, 0.25) is 0 Å². The number of nitrogens with zero attached hydrogens (tertiary/aromatic N) is 2. The van der Waals surface area contributed by atoms with E-state index in [2.05, 4.69) is 4.98 Å². The second-order valence-electron chi connectivity index (χ2n) is 2.25. The minimum atomic E-state index is -0.349. The van der Waals surface area contributed by atoms with Crippen molar-refractivity contribution in [2.24, 2.45) is 0 Å². The Hall–Kier alpha value is -1.43. The van der Waals surface area contributed by atoms with E-state index in [9.17, 15) is 4.39 Å². The maximum atomic E-state index is 12.7. The van der Waals surface area contributed by atoms with Crippen LogP contribution in [0.15, 0.2) is 12.3 Å². The first-order chi connectivity index (χ1) is 5.24. The van der Waals surface area contributed by atoms with Gasteiger partial charge in [0.15, 0.2) is 0 Å². The van der Waals surface area contributed by atoms with Gasteiger partial charge in [-0.2, -0.15) is 5.26 Å².